The van der Waals surface area contributed by atoms with E-state index in [1.54, 1.807) is 0 Å². The first-order valence-electron chi connectivity index (χ1n) is 6.46. The highest BCUT2D eigenvalue weighted by atomic mass is 15.0. The van der Waals surface area contributed by atoms with E-state index in [1.807, 2.05) is 12.4 Å². The second-order valence-electron chi connectivity index (χ2n) is 5.21. The van der Waals surface area contributed by atoms with Gasteiger partial charge in [0, 0.05) is 24.9 Å². The van der Waals surface area contributed by atoms with E-state index in [-0.39, 0.29) is 0 Å². The number of nitrogens with zero attached hydrogens (tertiary/aromatic N) is 1. The van der Waals surface area contributed by atoms with Gasteiger partial charge in [0.2, 0.25) is 0 Å². The quantitative estimate of drug-likeness (QED) is 0.802. The van der Waals surface area contributed by atoms with Crippen molar-refractivity contribution < 1.29 is 0 Å². The van der Waals surface area contributed by atoms with Crippen LogP contribution < -0.4 is 5.32 Å². The maximum absolute atomic E-state index is 4.35. The Morgan fingerprint density at radius 1 is 1.50 bits per heavy atom. The highest BCUT2D eigenvalue weighted by Crippen LogP contribution is 2.41. The molecule has 1 fully saturated rings. The average molecular weight is 221 g/mol. The topological polar surface area (TPSA) is 40.7 Å². The van der Waals surface area contributed by atoms with Gasteiger partial charge < -0.3 is 10.3 Å². The minimum atomic E-state index is 0.461. The molecule has 0 radical (unpaired) electrons. The lowest BCUT2D eigenvalue weighted by molar-refractivity contribution is 0.220. The van der Waals surface area contributed by atoms with Crippen LogP contribution in [0.2, 0.25) is 0 Å². The SMILES string of the molecule is CCNC(Cc1ncc[nH]1)C1(C)CCCC1. The van der Waals surface area contributed by atoms with Gasteiger partial charge in [0.1, 0.15) is 5.82 Å². The molecule has 0 saturated heterocycles. The summed E-state index contributed by atoms with van der Waals surface area (Å²) in [4.78, 5) is 7.56. The summed E-state index contributed by atoms with van der Waals surface area (Å²) in [5, 5.41) is 3.64. The molecule has 1 atom stereocenters. The molecule has 90 valence electrons. The van der Waals surface area contributed by atoms with Crippen molar-refractivity contribution in [2.45, 2.75) is 52.0 Å². The van der Waals surface area contributed by atoms with E-state index in [2.05, 4.69) is 29.1 Å². The van der Waals surface area contributed by atoms with Crippen LogP contribution in [0.4, 0.5) is 0 Å². The van der Waals surface area contributed by atoms with Gasteiger partial charge in [-0.3, -0.25) is 0 Å². The van der Waals surface area contributed by atoms with E-state index in [9.17, 15) is 0 Å². The first-order chi connectivity index (χ1) is 7.74. The molecule has 2 N–H and O–H groups in total. The molecule has 1 saturated carbocycles. The van der Waals surface area contributed by atoms with Gasteiger partial charge in [0.05, 0.1) is 0 Å². The van der Waals surface area contributed by atoms with Crippen LogP contribution in [-0.4, -0.2) is 22.6 Å². The standard InChI is InChI=1S/C13H23N3/c1-3-14-11(10-12-15-8-9-16-12)13(2)6-4-5-7-13/h8-9,11,14H,3-7,10H2,1-2H3,(H,15,16). The fraction of sp³-hybridized carbons (Fsp3) is 0.769. The monoisotopic (exact) mass is 221 g/mol. The van der Waals surface area contributed by atoms with Crippen molar-refractivity contribution in [2.75, 3.05) is 6.54 Å². The van der Waals surface area contributed by atoms with Gasteiger partial charge >= 0.3 is 0 Å². The van der Waals surface area contributed by atoms with Crippen molar-refractivity contribution in [3.05, 3.63) is 18.2 Å². The largest absolute Gasteiger partial charge is 0.349 e. The van der Waals surface area contributed by atoms with Crippen molar-refractivity contribution in [1.82, 2.24) is 15.3 Å². The maximum Gasteiger partial charge on any atom is 0.107 e. The molecular formula is C13H23N3. The summed E-state index contributed by atoms with van der Waals surface area (Å²) < 4.78 is 0. The molecule has 0 aromatic carbocycles. The van der Waals surface area contributed by atoms with E-state index in [1.165, 1.54) is 25.7 Å². The van der Waals surface area contributed by atoms with Crippen LogP contribution in [-0.2, 0) is 6.42 Å². The Labute approximate surface area is 98.1 Å². The molecule has 1 unspecified atom stereocenters. The predicted molar refractivity (Wildman–Crippen MR) is 66.3 cm³/mol. The van der Waals surface area contributed by atoms with Crippen molar-refractivity contribution in [2.24, 2.45) is 5.41 Å². The minimum absolute atomic E-state index is 0.461. The van der Waals surface area contributed by atoms with E-state index in [0.717, 1.165) is 18.8 Å². The summed E-state index contributed by atoms with van der Waals surface area (Å²) in [6.45, 7) is 5.66. The number of nitrogens with one attached hydrogen (secondary N) is 2. The second kappa shape index (κ2) is 5.00. The van der Waals surface area contributed by atoms with Crippen molar-refractivity contribution in [1.29, 1.82) is 0 Å². The summed E-state index contributed by atoms with van der Waals surface area (Å²) in [5.41, 5.74) is 0.461. The number of H-pyrrole nitrogens is 1. The fourth-order valence-corrected chi connectivity index (χ4v) is 2.95. The Balaban J connectivity index is 2.04. The van der Waals surface area contributed by atoms with Crippen molar-refractivity contribution >= 4 is 0 Å². The smallest absolute Gasteiger partial charge is 0.107 e. The van der Waals surface area contributed by atoms with Gasteiger partial charge in [-0.15, -0.1) is 0 Å². The molecule has 0 spiro atoms. The van der Waals surface area contributed by atoms with Gasteiger partial charge in [-0.05, 0) is 24.8 Å². The molecule has 1 aromatic heterocycles. The van der Waals surface area contributed by atoms with Crippen LogP contribution in [0.5, 0.6) is 0 Å². The Bertz CT molecular complexity index is 299. The first kappa shape index (κ1) is 11.6. The Hall–Kier alpha value is -0.830. The Morgan fingerprint density at radius 2 is 2.25 bits per heavy atom. The zero-order chi connectivity index (χ0) is 11.4. The number of rotatable bonds is 5. The van der Waals surface area contributed by atoms with E-state index in [0.29, 0.717) is 11.5 Å². The highest BCUT2D eigenvalue weighted by molar-refractivity contribution is 4.99. The summed E-state index contributed by atoms with van der Waals surface area (Å²) in [6, 6.07) is 0.561. The van der Waals surface area contributed by atoms with Crippen LogP contribution >= 0.6 is 0 Å². The summed E-state index contributed by atoms with van der Waals surface area (Å²) in [5.74, 6) is 1.11. The van der Waals surface area contributed by atoms with Crippen LogP contribution in [0.25, 0.3) is 0 Å². The zero-order valence-electron chi connectivity index (χ0n) is 10.4. The lowest BCUT2D eigenvalue weighted by atomic mass is 9.79. The number of aromatic nitrogens is 2. The second-order valence-corrected chi connectivity index (χ2v) is 5.21. The lowest BCUT2D eigenvalue weighted by Gasteiger charge is -2.34. The van der Waals surface area contributed by atoms with E-state index in [4.69, 9.17) is 0 Å². The van der Waals surface area contributed by atoms with Gasteiger partial charge in [0.25, 0.3) is 0 Å². The molecule has 3 nitrogen and oxygen atoms in total. The molecule has 3 heteroatoms. The van der Waals surface area contributed by atoms with Crippen LogP contribution in [0.15, 0.2) is 12.4 Å². The number of hydrogen-bond acceptors (Lipinski definition) is 2. The summed E-state index contributed by atoms with van der Waals surface area (Å²) in [6.07, 6.45) is 10.3. The molecular weight excluding hydrogens is 198 g/mol. The Morgan fingerprint density at radius 3 is 2.81 bits per heavy atom. The molecule has 1 heterocycles. The summed E-state index contributed by atoms with van der Waals surface area (Å²) in [7, 11) is 0. The average Bonchev–Trinajstić information content (AvgIpc) is 2.89. The molecule has 1 aliphatic rings. The number of aromatic amines is 1. The normalized spacial score (nSPS) is 21.1. The van der Waals surface area contributed by atoms with Crippen molar-refractivity contribution in [3.63, 3.8) is 0 Å². The molecule has 0 bridgehead atoms. The first-order valence-corrected chi connectivity index (χ1v) is 6.46. The molecule has 1 aromatic rings. The third kappa shape index (κ3) is 2.46. The van der Waals surface area contributed by atoms with Crippen molar-refractivity contribution in [3.8, 4) is 0 Å². The summed E-state index contributed by atoms with van der Waals surface area (Å²) >= 11 is 0. The predicted octanol–water partition coefficient (Wildman–Crippen LogP) is 2.51. The van der Waals surface area contributed by atoms with Gasteiger partial charge in [-0.25, -0.2) is 4.98 Å². The van der Waals surface area contributed by atoms with Crippen LogP contribution in [0, 0.1) is 5.41 Å². The van der Waals surface area contributed by atoms with Gasteiger partial charge in [0.15, 0.2) is 0 Å². The van der Waals surface area contributed by atoms with Crippen LogP contribution in [0.1, 0.15) is 45.4 Å². The molecule has 2 rings (SSSR count). The third-order valence-electron chi connectivity index (χ3n) is 3.99. The number of hydrogen-bond donors (Lipinski definition) is 2. The van der Waals surface area contributed by atoms with Gasteiger partial charge in [-0.2, -0.15) is 0 Å². The van der Waals surface area contributed by atoms with Crippen LogP contribution in [0.3, 0.4) is 0 Å². The molecule has 16 heavy (non-hydrogen) atoms. The number of likely N-dealkylation sites (N-methyl/N-ethyl adjacent to an activating group) is 1. The molecule has 0 aliphatic heterocycles. The van der Waals surface area contributed by atoms with Gasteiger partial charge in [-0.1, -0.05) is 26.7 Å². The highest BCUT2D eigenvalue weighted by Gasteiger charge is 2.36. The van der Waals surface area contributed by atoms with E-state index >= 15 is 0 Å². The van der Waals surface area contributed by atoms with E-state index < -0.39 is 0 Å². The zero-order valence-corrected chi connectivity index (χ0v) is 10.4. The number of imidazole rings is 1. The minimum Gasteiger partial charge on any atom is -0.349 e. The third-order valence-corrected chi connectivity index (χ3v) is 3.99. The Kier molecular flexibility index (Phi) is 3.64. The molecule has 1 aliphatic carbocycles. The fourth-order valence-electron chi connectivity index (χ4n) is 2.95. The lowest BCUT2D eigenvalue weighted by Crippen LogP contribution is -2.44. The maximum atomic E-state index is 4.35. The molecule has 0 amide bonds.